The van der Waals surface area contributed by atoms with Crippen molar-refractivity contribution in [3.63, 3.8) is 0 Å². The van der Waals surface area contributed by atoms with Crippen molar-refractivity contribution in [1.82, 2.24) is 15.2 Å². The molecule has 0 aliphatic carbocycles. The average molecular weight is 253 g/mol. The molecule has 1 N–H and O–H groups in total. The van der Waals surface area contributed by atoms with Crippen LogP contribution in [0.3, 0.4) is 0 Å². The fourth-order valence-corrected chi connectivity index (χ4v) is 3.13. The fourth-order valence-electron chi connectivity index (χ4n) is 2.51. The van der Waals surface area contributed by atoms with E-state index < -0.39 is 0 Å². The maximum absolute atomic E-state index is 4.15. The molecule has 2 rings (SSSR count). The van der Waals surface area contributed by atoms with Crippen LogP contribution >= 0.6 is 11.3 Å². The molecule has 1 aliphatic heterocycles. The summed E-state index contributed by atoms with van der Waals surface area (Å²) in [4.78, 5) is 8.11. The summed E-state index contributed by atoms with van der Waals surface area (Å²) in [5, 5.41) is 3.64. The van der Waals surface area contributed by atoms with E-state index in [-0.39, 0.29) is 0 Å². The summed E-state index contributed by atoms with van der Waals surface area (Å²) in [6, 6.07) is 1.41. The number of nitrogens with zero attached hydrogens (tertiary/aromatic N) is 2. The summed E-state index contributed by atoms with van der Waals surface area (Å²) in [7, 11) is 0. The van der Waals surface area contributed by atoms with Gasteiger partial charge in [-0.3, -0.25) is 9.88 Å². The third kappa shape index (κ3) is 3.76. The van der Waals surface area contributed by atoms with Crippen molar-refractivity contribution in [3.8, 4) is 0 Å². The highest BCUT2D eigenvalue weighted by Gasteiger charge is 2.24. The number of likely N-dealkylation sites (tertiary alicyclic amines) is 1. The predicted molar refractivity (Wildman–Crippen MR) is 73.3 cm³/mol. The van der Waals surface area contributed by atoms with Crippen LogP contribution in [-0.4, -0.2) is 35.1 Å². The first kappa shape index (κ1) is 13.0. The van der Waals surface area contributed by atoms with Gasteiger partial charge in [0.15, 0.2) is 0 Å². The average Bonchev–Trinajstić information content (AvgIpc) is 2.82. The first-order chi connectivity index (χ1) is 8.29. The minimum absolute atomic E-state index is 0.681. The number of hydrogen-bond acceptors (Lipinski definition) is 4. The number of aromatic nitrogens is 1. The third-order valence-corrected chi connectivity index (χ3v) is 4.30. The molecule has 2 atom stereocenters. The van der Waals surface area contributed by atoms with Crippen molar-refractivity contribution in [1.29, 1.82) is 0 Å². The van der Waals surface area contributed by atoms with E-state index in [1.165, 1.54) is 30.7 Å². The largest absolute Gasteiger partial charge is 0.314 e. The molecule has 1 aliphatic rings. The van der Waals surface area contributed by atoms with Crippen LogP contribution in [0.4, 0.5) is 0 Å². The second-order valence-corrected chi connectivity index (χ2v) is 5.93. The van der Waals surface area contributed by atoms with Crippen LogP contribution < -0.4 is 5.32 Å². The minimum atomic E-state index is 0.681. The summed E-state index contributed by atoms with van der Waals surface area (Å²) in [5.41, 5.74) is 1.93. The van der Waals surface area contributed by atoms with Gasteiger partial charge < -0.3 is 5.32 Å². The van der Waals surface area contributed by atoms with Gasteiger partial charge in [-0.2, -0.15) is 0 Å². The SMILES string of the molecule is CCCNC1CCN(Cc2cncs2)C(C)C1. The molecule has 0 radical (unpaired) electrons. The smallest absolute Gasteiger partial charge is 0.0794 e. The van der Waals surface area contributed by atoms with Gasteiger partial charge in [0.25, 0.3) is 0 Å². The normalized spacial score (nSPS) is 26.2. The predicted octanol–water partition coefficient (Wildman–Crippen LogP) is 2.50. The summed E-state index contributed by atoms with van der Waals surface area (Å²) in [6.07, 6.45) is 5.79. The van der Waals surface area contributed by atoms with E-state index in [1.54, 1.807) is 11.3 Å². The first-order valence-corrected chi connectivity index (χ1v) is 7.52. The molecule has 2 unspecified atom stereocenters. The van der Waals surface area contributed by atoms with Crippen molar-refractivity contribution < 1.29 is 0 Å². The standard InChI is InChI=1S/C13H23N3S/c1-3-5-15-12-4-6-16(11(2)7-12)9-13-8-14-10-17-13/h8,10-12,15H,3-7,9H2,1-2H3. The van der Waals surface area contributed by atoms with Gasteiger partial charge in [0, 0.05) is 36.2 Å². The Hall–Kier alpha value is -0.450. The van der Waals surface area contributed by atoms with Gasteiger partial charge in [0.05, 0.1) is 5.51 Å². The summed E-state index contributed by atoms with van der Waals surface area (Å²) in [6.45, 7) is 8.02. The molecule has 2 heterocycles. The van der Waals surface area contributed by atoms with E-state index in [9.17, 15) is 0 Å². The topological polar surface area (TPSA) is 28.2 Å². The van der Waals surface area contributed by atoms with Gasteiger partial charge in [-0.05, 0) is 32.7 Å². The molecule has 0 aromatic carbocycles. The second kappa shape index (κ2) is 6.47. The van der Waals surface area contributed by atoms with Crippen LogP contribution in [0.1, 0.15) is 38.0 Å². The highest BCUT2D eigenvalue weighted by atomic mass is 32.1. The molecule has 96 valence electrons. The lowest BCUT2D eigenvalue weighted by Crippen LogP contribution is -2.47. The summed E-state index contributed by atoms with van der Waals surface area (Å²) < 4.78 is 0. The zero-order valence-corrected chi connectivity index (χ0v) is 11.7. The maximum Gasteiger partial charge on any atom is 0.0794 e. The number of hydrogen-bond donors (Lipinski definition) is 1. The van der Waals surface area contributed by atoms with Crippen molar-refractivity contribution in [2.45, 2.75) is 51.7 Å². The lowest BCUT2D eigenvalue weighted by molar-refractivity contribution is 0.130. The molecular weight excluding hydrogens is 230 g/mol. The van der Waals surface area contributed by atoms with E-state index in [4.69, 9.17) is 0 Å². The molecule has 0 saturated carbocycles. The molecule has 1 fully saturated rings. The Morgan fingerprint density at radius 3 is 3.12 bits per heavy atom. The first-order valence-electron chi connectivity index (χ1n) is 6.64. The molecule has 1 saturated heterocycles. The Labute approximate surface area is 108 Å². The summed E-state index contributed by atoms with van der Waals surface area (Å²) >= 11 is 1.76. The number of rotatable bonds is 5. The van der Waals surface area contributed by atoms with Crippen molar-refractivity contribution >= 4 is 11.3 Å². The minimum Gasteiger partial charge on any atom is -0.314 e. The van der Waals surface area contributed by atoms with Crippen molar-refractivity contribution in [2.75, 3.05) is 13.1 Å². The van der Waals surface area contributed by atoms with Crippen molar-refractivity contribution in [2.24, 2.45) is 0 Å². The van der Waals surface area contributed by atoms with Crippen LogP contribution in [0, 0.1) is 0 Å². The highest BCUT2D eigenvalue weighted by Crippen LogP contribution is 2.21. The Morgan fingerprint density at radius 2 is 2.47 bits per heavy atom. The van der Waals surface area contributed by atoms with Crippen molar-refractivity contribution in [3.05, 3.63) is 16.6 Å². The quantitative estimate of drug-likeness (QED) is 0.874. The monoisotopic (exact) mass is 253 g/mol. The molecule has 1 aromatic heterocycles. The Kier molecular flexibility index (Phi) is 4.95. The van der Waals surface area contributed by atoms with Gasteiger partial charge in [-0.25, -0.2) is 0 Å². The lowest BCUT2D eigenvalue weighted by Gasteiger charge is -2.37. The van der Waals surface area contributed by atoms with E-state index in [1.807, 2.05) is 11.7 Å². The highest BCUT2D eigenvalue weighted by molar-refractivity contribution is 7.09. The molecule has 0 amide bonds. The number of piperidine rings is 1. The molecule has 4 heteroatoms. The molecule has 3 nitrogen and oxygen atoms in total. The number of nitrogens with one attached hydrogen (secondary N) is 1. The molecule has 0 spiro atoms. The van der Waals surface area contributed by atoms with Gasteiger partial charge >= 0.3 is 0 Å². The molecule has 17 heavy (non-hydrogen) atoms. The maximum atomic E-state index is 4.15. The van der Waals surface area contributed by atoms with Gasteiger partial charge in [0.2, 0.25) is 0 Å². The zero-order chi connectivity index (χ0) is 12.1. The van der Waals surface area contributed by atoms with Crippen LogP contribution in [0.5, 0.6) is 0 Å². The van der Waals surface area contributed by atoms with E-state index in [2.05, 4.69) is 29.0 Å². The molecule has 1 aromatic rings. The summed E-state index contributed by atoms with van der Waals surface area (Å²) in [5.74, 6) is 0. The fraction of sp³-hybridized carbons (Fsp3) is 0.769. The zero-order valence-electron chi connectivity index (χ0n) is 10.9. The Morgan fingerprint density at radius 1 is 1.59 bits per heavy atom. The van der Waals surface area contributed by atoms with Gasteiger partial charge in [-0.15, -0.1) is 11.3 Å². The van der Waals surface area contributed by atoms with Crippen LogP contribution in [0.25, 0.3) is 0 Å². The van der Waals surface area contributed by atoms with E-state index in [0.29, 0.717) is 6.04 Å². The molecular formula is C13H23N3S. The second-order valence-electron chi connectivity index (χ2n) is 4.96. The van der Waals surface area contributed by atoms with E-state index >= 15 is 0 Å². The van der Waals surface area contributed by atoms with Gasteiger partial charge in [-0.1, -0.05) is 6.92 Å². The van der Waals surface area contributed by atoms with Crippen LogP contribution in [-0.2, 0) is 6.54 Å². The van der Waals surface area contributed by atoms with Crippen LogP contribution in [0.2, 0.25) is 0 Å². The number of thiazole rings is 1. The third-order valence-electron chi connectivity index (χ3n) is 3.54. The lowest BCUT2D eigenvalue weighted by atomic mass is 9.98. The van der Waals surface area contributed by atoms with Gasteiger partial charge in [0.1, 0.15) is 0 Å². The van der Waals surface area contributed by atoms with E-state index in [0.717, 1.165) is 19.1 Å². The Bertz CT molecular complexity index is 312. The molecule has 0 bridgehead atoms. The van der Waals surface area contributed by atoms with Crippen LogP contribution in [0.15, 0.2) is 11.7 Å². The Balaban J connectivity index is 1.79.